The van der Waals surface area contributed by atoms with Crippen molar-refractivity contribution in [1.82, 2.24) is 4.98 Å². The zero-order chi connectivity index (χ0) is 15.2. The number of anilines is 2. The van der Waals surface area contributed by atoms with Gasteiger partial charge in [0.05, 0.1) is 11.6 Å². The maximum Gasteiger partial charge on any atom is 0.276 e. The third kappa shape index (κ3) is 3.37. The second kappa shape index (κ2) is 6.53. The quantitative estimate of drug-likeness (QED) is 0.934. The number of rotatable bonds is 4. The molecule has 1 amide bonds. The Hall–Kier alpha value is -2.87. The van der Waals surface area contributed by atoms with Gasteiger partial charge in [-0.3, -0.25) is 4.79 Å². The van der Waals surface area contributed by atoms with E-state index in [1.165, 1.54) is 4.90 Å². The van der Waals surface area contributed by atoms with Crippen LogP contribution in [0.2, 0.25) is 0 Å². The van der Waals surface area contributed by atoms with Gasteiger partial charge in [0.25, 0.3) is 5.91 Å². The Kier molecular flexibility index (Phi) is 4.52. The molecule has 0 atom stereocenters. The topological polar surface area (TPSA) is 69.0 Å². The van der Waals surface area contributed by atoms with Gasteiger partial charge in [0.2, 0.25) is 0 Å². The summed E-state index contributed by atoms with van der Waals surface area (Å²) in [4.78, 5) is 18.2. The fourth-order valence-electron chi connectivity index (χ4n) is 1.91. The Bertz CT molecular complexity index is 691. The monoisotopic (exact) mass is 280 g/mol. The summed E-state index contributed by atoms with van der Waals surface area (Å²) in [6, 6.07) is 14.3. The van der Waals surface area contributed by atoms with Crippen LogP contribution in [0.3, 0.4) is 0 Å². The van der Waals surface area contributed by atoms with Crippen molar-refractivity contribution in [3.05, 3.63) is 53.7 Å². The molecule has 21 heavy (non-hydrogen) atoms. The van der Waals surface area contributed by atoms with E-state index in [0.717, 1.165) is 6.54 Å². The molecule has 0 fully saturated rings. The van der Waals surface area contributed by atoms with Crippen LogP contribution < -0.4 is 10.2 Å². The van der Waals surface area contributed by atoms with Gasteiger partial charge in [0.15, 0.2) is 0 Å². The van der Waals surface area contributed by atoms with E-state index < -0.39 is 0 Å². The number of carbonyl (C=O) groups excluding carboxylic acids is 1. The average Bonchev–Trinajstić information content (AvgIpc) is 2.54. The van der Waals surface area contributed by atoms with E-state index >= 15 is 0 Å². The van der Waals surface area contributed by atoms with Crippen LogP contribution in [0.1, 0.15) is 23.0 Å². The number of carbonyl (C=O) groups is 1. The van der Waals surface area contributed by atoms with Gasteiger partial charge in [-0.25, -0.2) is 4.98 Å². The second-order valence-corrected chi connectivity index (χ2v) is 4.46. The van der Waals surface area contributed by atoms with Crippen molar-refractivity contribution in [2.45, 2.75) is 6.92 Å². The molecule has 1 heterocycles. The zero-order valence-corrected chi connectivity index (χ0v) is 12.0. The van der Waals surface area contributed by atoms with E-state index in [9.17, 15) is 4.79 Å². The Labute approximate surface area is 123 Å². The molecular formula is C16H16N4O. The number of benzene rings is 1. The van der Waals surface area contributed by atoms with Crippen molar-refractivity contribution in [2.24, 2.45) is 0 Å². The average molecular weight is 280 g/mol. The van der Waals surface area contributed by atoms with Gasteiger partial charge in [-0.1, -0.05) is 12.1 Å². The Morgan fingerprint density at radius 1 is 1.33 bits per heavy atom. The molecule has 0 aliphatic carbocycles. The molecule has 1 N–H and O–H groups in total. The van der Waals surface area contributed by atoms with Crippen LogP contribution in [0.4, 0.5) is 11.5 Å². The van der Waals surface area contributed by atoms with Crippen molar-refractivity contribution in [3.63, 3.8) is 0 Å². The van der Waals surface area contributed by atoms with E-state index in [0.29, 0.717) is 22.8 Å². The highest BCUT2D eigenvalue weighted by molar-refractivity contribution is 6.04. The first-order valence-corrected chi connectivity index (χ1v) is 6.65. The molecule has 0 saturated heterocycles. The number of pyridine rings is 1. The summed E-state index contributed by atoms with van der Waals surface area (Å²) < 4.78 is 0. The van der Waals surface area contributed by atoms with Gasteiger partial charge in [-0.2, -0.15) is 5.26 Å². The fraction of sp³-hybridized carbons (Fsp3) is 0.188. The largest absolute Gasteiger partial charge is 0.370 e. The van der Waals surface area contributed by atoms with Crippen LogP contribution in [0.15, 0.2) is 42.5 Å². The molecule has 1 aromatic heterocycles. The number of aromatic nitrogens is 1. The summed E-state index contributed by atoms with van der Waals surface area (Å²) in [7, 11) is 1.67. The number of hydrogen-bond acceptors (Lipinski definition) is 4. The predicted molar refractivity (Wildman–Crippen MR) is 82.3 cm³/mol. The third-order valence-electron chi connectivity index (χ3n) is 2.99. The van der Waals surface area contributed by atoms with E-state index in [1.54, 1.807) is 43.4 Å². The van der Waals surface area contributed by atoms with Gasteiger partial charge in [0, 0.05) is 19.3 Å². The van der Waals surface area contributed by atoms with E-state index in [-0.39, 0.29) is 5.91 Å². The number of amides is 1. The van der Waals surface area contributed by atoms with Crippen molar-refractivity contribution < 1.29 is 4.79 Å². The summed E-state index contributed by atoms with van der Waals surface area (Å²) in [5.41, 5.74) is 1.54. The first-order chi connectivity index (χ1) is 10.2. The first-order valence-electron chi connectivity index (χ1n) is 6.65. The highest BCUT2D eigenvalue weighted by Crippen LogP contribution is 2.17. The Morgan fingerprint density at radius 3 is 2.81 bits per heavy atom. The maximum absolute atomic E-state index is 12.5. The molecular weight excluding hydrogens is 264 g/mol. The van der Waals surface area contributed by atoms with Crippen LogP contribution in [0.5, 0.6) is 0 Å². The second-order valence-electron chi connectivity index (χ2n) is 4.46. The molecule has 5 heteroatoms. The first kappa shape index (κ1) is 14.5. The standard InChI is InChI=1S/C16H16N4O/c1-3-18-15-9-5-8-14(19-15)16(21)20(2)13-7-4-6-12(10-13)11-17/h4-10H,3H2,1-2H3,(H,18,19). The van der Waals surface area contributed by atoms with Gasteiger partial charge in [0.1, 0.15) is 11.5 Å². The van der Waals surface area contributed by atoms with E-state index in [1.807, 2.05) is 13.0 Å². The van der Waals surface area contributed by atoms with Crippen molar-refractivity contribution in [3.8, 4) is 6.07 Å². The van der Waals surface area contributed by atoms with Gasteiger partial charge in [-0.05, 0) is 37.3 Å². The van der Waals surface area contributed by atoms with Gasteiger partial charge < -0.3 is 10.2 Å². The van der Waals surface area contributed by atoms with Crippen LogP contribution in [0.25, 0.3) is 0 Å². The lowest BCUT2D eigenvalue weighted by Crippen LogP contribution is -2.27. The fourth-order valence-corrected chi connectivity index (χ4v) is 1.91. The Morgan fingerprint density at radius 2 is 2.10 bits per heavy atom. The van der Waals surface area contributed by atoms with Crippen molar-refractivity contribution >= 4 is 17.4 Å². The lowest BCUT2D eigenvalue weighted by atomic mass is 10.2. The number of nitrogens with zero attached hydrogens (tertiary/aromatic N) is 3. The molecule has 0 aliphatic heterocycles. The van der Waals surface area contributed by atoms with Crippen LogP contribution >= 0.6 is 0 Å². The molecule has 0 unspecified atom stereocenters. The minimum Gasteiger partial charge on any atom is -0.370 e. The van der Waals surface area contributed by atoms with Crippen molar-refractivity contribution in [1.29, 1.82) is 5.26 Å². The summed E-state index contributed by atoms with van der Waals surface area (Å²) in [6.07, 6.45) is 0. The molecule has 0 radical (unpaired) electrons. The van der Waals surface area contributed by atoms with Crippen LogP contribution in [-0.4, -0.2) is 24.5 Å². The lowest BCUT2D eigenvalue weighted by Gasteiger charge is -2.17. The number of nitriles is 1. The van der Waals surface area contributed by atoms with Gasteiger partial charge in [-0.15, -0.1) is 0 Å². The van der Waals surface area contributed by atoms with Crippen molar-refractivity contribution in [2.75, 3.05) is 23.8 Å². The molecule has 0 spiro atoms. The maximum atomic E-state index is 12.5. The zero-order valence-electron chi connectivity index (χ0n) is 12.0. The summed E-state index contributed by atoms with van der Waals surface area (Å²) in [5.74, 6) is 0.451. The van der Waals surface area contributed by atoms with Crippen LogP contribution in [0, 0.1) is 11.3 Å². The molecule has 1 aromatic carbocycles. The SMILES string of the molecule is CCNc1cccc(C(=O)N(C)c2cccc(C#N)c2)n1. The Balaban J connectivity index is 2.26. The minimum absolute atomic E-state index is 0.218. The normalized spacial score (nSPS) is 9.76. The molecule has 0 aliphatic rings. The molecule has 106 valence electrons. The highest BCUT2D eigenvalue weighted by Gasteiger charge is 2.15. The number of nitrogens with one attached hydrogen (secondary N) is 1. The summed E-state index contributed by atoms with van der Waals surface area (Å²) in [6.45, 7) is 2.71. The minimum atomic E-state index is -0.218. The molecule has 5 nitrogen and oxygen atoms in total. The third-order valence-corrected chi connectivity index (χ3v) is 2.99. The summed E-state index contributed by atoms with van der Waals surface area (Å²) >= 11 is 0. The molecule has 0 bridgehead atoms. The highest BCUT2D eigenvalue weighted by atomic mass is 16.2. The number of hydrogen-bond donors (Lipinski definition) is 1. The van der Waals surface area contributed by atoms with Crippen LogP contribution in [-0.2, 0) is 0 Å². The summed E-state index contributed by atoms with van der Waals surface area (Å²) in [5, 5.41) is 12.0. The molecule has 2 aromatic rings. The molecule has 2 rings (SSSR count). The van der Waals surface area contributed by atoms with E-state index in [2.05, 4.69) is 16.4 Å². The van der Waals surface area contributed by atoms with Gasteiger partial charge >= 0.3 is 0 Å². The predicted octanol–water partition coefficient (Wildman–Crippen LogP) is 2.66. The lowest BCUT2D eigenvalue weighted by molar-refractivity contribution is 0.0988. The smallest absolute Gasteiger partial charge is 0.276 e. The molecule has 0 saturated carbocycles. The van der Waals surface area contributed by atoms with E-state index in [4.69, 9.17) is 5.26 Å².